The fraction of sp³-hybridized carbons (Fsp3) is 0.200. The molecule has 0 spiro atoms. The summed E-state index contributed by atoms with van der Waals surface area (Å²) in [4.78, 5) is 12.2. The fourth-order valence-corrected chi connectivity index (χ4v) is 0.978. The first-order valence-electron chi connectivity index (χ1n) is 2.61. The van der Waals surface area contributed by atoms with E-state index in [-0.39, 0.29) is 10.8 Å². The molecule has 54 valence electrons. The molecule has 0 aliphatic carbocycles. The van der Waals surface area contributed by atoms with Crippen LogP contribution in [-0.4, -0.2) is 9.91 Å². The van der Waals surface area contributed by atoms with Crippen LogP contribution < -0.4 is 0 Å². The first-order chi connectivity index (χ1) is 4.63. The van der Waals surface area contributed by atoms with Crippen molar-refractivity contribution in [3.8, 4) is 0 Å². The van der Waals surface area contributed by atoms with Gasteiger partial charge in [0.05, 0.1) is 4.92 Å². The molecule has 5 heteroatoms. The van der Waals surface area contributed by atoms with Gasteiger partial charge in [0, 0.05) is 11.8 Å². The van der Waals surface area contributed by atoms with Crippen LogP contribution in [0.4, 0.5) is 5.69 Å². The molecule has 0 radical (unpaired) electrons. The van der Waals surface area contributed by atoms with E-state index in [2.05, 4.69) is 4.98 Å². The molecule has 1 N–H and O–H groups in total. The third kappa shape index (κ3) is 0.974. The lowest BCUT2D eigenvalue weighted by Crippen LogP contribution is -1.87. The van der Waals surface area contributed by atoms with Gasteiger partial charge in [-0.2, -0.15) is 0 Å². The third-order valence-corrected chi connectivity index (χ3v) is 1.47. The lowest BCUT2D eigenvalue weighted by atomic mass is 10.3. The number of nitro groups is 1. The number of halogens is 1. The molecule has 4 nitrogen and oxygen atoms in total. The second-order valence-electron chi connectivity index (χ2n) is 1.89. The van der Waals surface area contributed by atoms with Crippen LogP contribution >= 0.6 is 11.6 Å². The molecule has 0 aliphatic heterocycles. The molecule has 0 amide bonds. The molecular weight excluding hydrogens is 156 g/mol. The van der Waals surface area contributed by atoms with E-state index in [9.17, 15) is 10.1 Å². The number of hydrogen-bond acceptors (Lipinski definition) is 2. The zero-order valence-corrected chi connectivity index (χ0v) is 5.97. The summed E-state index contributed by atoms with van der Waals surface area (Å²) in [6, 6.07) is 0. The Morgan fingerprint density at radius 3 is 2.60 bits per heavy atom. The van der Waals surface area contributed by atoms with E-state index in [1.54, 1.807) is 6.92 Å². The summed E-state index contributed by atoms with van der Waals surface area (Å²) in [7, 11) is 0. The maximum Gasteiger partial charge on any atom is 0.308 e. The van der Waals surface area contributed by atoms with Crippen LogP contribution in [0.25, 0.3) is 0 Å². The average molecular weight is 161 g/mol. The molecular formula is C5H5ClN2O2. The summed E-state index contributed by atoms with van der Waals surface area (Å²) in [5, 5.41) is 10.3. The minimum absolute atomic E-state index is 0.0401. The predicted molar refractivity (Wildman–Crippen MR) is 37.2 cm³/mol. The minimum atomic E-state index is -0.506. The van der Waals surface area contributed by atoms with Gasteiger partial charge >= 0.3 is 5.69 Å². The van der Waals surface area contributed by atoms with Crippen molar-refractivity contribution in [2.24, 2.45) is 0 Å². The molecule has 1 aromatic rings. The highest BCUT2D eigenvalue weighted by Gasteiger charge is 2.16. The summed E-state index contributed by atoms with van der Waals surface area (Å²) >= 11 is 5.44. The number of aryl methyl sites for hydroxylation is 1. The Labute approximate surface area is 62.0 Å². The SMILES string of the molecule is Cc1c[nH]c(Cl)c1[N+](=O)[O-]. The number of aromatic nitrogens is 1. The Bertz CT molecular complexity index is 249. The van der Waals surface area contributed by atoms with Crippen molar-refractivity contribution in [1.82, 2.24) is 4.98 Å². The highest BCUT2D eigenvalue weighted by molar-refractivity contribution is 6.31. The summed E-state index contributed by atoms with van der Waals surface area (Å²) in [6.07, 6.45) is 1.50. The van der Waals surface area contributed by atoms with Crippen molar-refractivity contribution in [1.29, 1.82) is 0 Å². The quantitative estimate of drug-likeness (QED) is 0.504. The van der Waals surface area contributed by atoms with E-state index < -0.39 is 4.92 Å². The predicted octanol–water partition coefficient (Wildman–Crippen LogP) is 1.88. The van der Waals surface area contributed by atoms with E-state index in [0.717, 1.165) is 0 Å². The van der Waals surface area contributed by atoms with Crippen molar-refractivity contribution in [2.75, 3.05) is 0 Å². The Balaban J connectivity index is 3.23. The smallest absolute Gasteiger partial charge is 0.308 e. The van der Waals surface area contributed by atoms with E-state index >= 15 is 0 Å². The van der Waals surface area contributed by atoms with Gasteiger partial charge in [-0.15, -0.1) is 0 Å². The maximum absolute atomic E-state index is 10.2. The van der Waals surface area contributed by atoms with Crippen LogP contribution in [0.2, 0.25) is 5.15 Å². The standard InChI is InChI=1S/C5H5ClN2O2/c1-3-2-7-5(6)4(3)8(9)10/h2,7H,1H3. The third-order valence-electron chi connectivity index (χ3n) is 1.18. The molecule has 0 unspecified atom stereocenters. The molecule has 0 fully saturated rings. The first kappa shape index (κ1) is 7.08. The molecule has 0 aliphatic rings. The normalized spacial score (nSPS) is 9.80. The second kappa shape index (κ2) is 2.30. The van der Waals surface area contributed by atoms with Gasteiger partial charge in [0.25, 0.3) is 0 Å². The van der Waals surface area contributed by atoms with Crippen LogP contribution in [0.15, 0.2) is 6.20 Å². The van der Waals surface area contributed by atoms with Gasteiger partial charge < -0.3 is 4.98 Å². The average Bonchev–Trinajstić information content (AvgIpc) is 2.11. The number of hydrogen-bond donors (Lipinski definition) is 1. The minimum Gasteiger partial charge on any atom is -0.346 e. The highest BCUT2D eigenvalue weighted by Crippen LogP contribution is 2.25. The number of nitrogens with zero attached hydrogens (tertiary/aromatic N) is 1. The molecule has 0 saturated carbocycles. The zero-order chi connectivity index (χ0) is 7.72. The summed E-state index contributed by atoms with van der Waals surface area (Å²) in [6.45, 7) is 1.63. The molecule has 10 heavy (non-hydrogen) atoms. The number of nitrogens with one attached hydrogen (secondary N) is 1. The highest BCUT2D eigenvalue weighted by atomic mass is 35.5. The molecule has 1 aromatic heterocycles. The van der Waals surface area contributed by atoms with Gasteiger partial charge in [-0.05, 0) is 6.92 Å². The lowest BCUT2D eigenvalue weighted by molar-refractivity contribution is -0.385. The van der Waals surface area contributed by atoms with Crippen molar-refractivity contribution >= 4 is 17.3 Å². The number of aromatic amines is 1. The first-order valence-corrected chi connectivity index (χ1v) is 2.98. The van der Waals surface area contributed by atoms with Crippen LogP contribution in [-0.2, 0) is 0 Å². The fourth-order valence-electron chi connectivity index (χ4n) is 0.706. The summed E-state index contributed by atoms with van der Waals surface area (Å²) < 4.78 is 0. The van der Waals surface area contributed by atoms with Crippen molar-refractivity contribution < 1.29 is 4.92 Å². The van der Waals surface area contributed by atoms with E-state index in [1.807, 2.05) is 0 Å². The molecule has 0 atom stereocenters. The largest absolute Gasteiger partial charge is 0.346 e. The van der Waals surface area contributed by atoms with Gasteiger partial charge in [0.15, 0.2) is 5.15 Å². The Kier molecular flexibility index (Phi) is 1.63. The van der Waals surface area contributed by atoms with E-state index in [0.29, 0.717) is 5.56 Å². The number of rotatable bonds is 1. The zero-order valence-electron chi connectivity index (χ0n) is 5.22. The van der Waals surface area contributed by atoms with Crippen molar-refractivity contribution in [2.45, 2.75) is 6.92 Å². The monoisotopic (exact) mass is 160 g/mol. The Morgan fingerprint density at radius 1 is 1.80 bits per heavy atom. The van der Waals surface area contributed by atoms with E-state index in [4.69, 9.17) is 11.6 Å². The lowest BCUT2D eigenvalue weighted by Gasteiger charge is -1.86. The maximum atomic E-state index is 10.2. The Morgan fingerprint density at radius 2 is 2.40 bits per heavy atom. The molecule has 0 aromatic carbocycles. The van der Waals surface area contributed by atoms with Gasteiger partial charge in [-0.25, -0.2) is 0 Å². The molecule has 1 rings (SSSR count). The topological polar surface area (TPSA) is 58.9 Å². The molecule has 1 heterocycles. The Hall–Kier alpha value is -1.03. The van der Waals surface area contributed by atoms with Crippen LogP contribution in [0.3, 0.4) is 0 Å². The summed E-state index contributed by atoms with van der Waals surface area (Å²) in [5.41, 5.74) is 0.511. The van der Waals surface area contributed by atoms with Crippen LogP contribution in [0.1, 0.15) is 5.56 Å². The number of H-pyrrole nitrogens is 1. The van der Waals surface area contributed by atoms with Crippen molar-refractivity contribution in [3.05, 3.63) is 27.0 Å². The van der Waals surface area contributed by atoms with Gasteiger partial charge in [0.2, 0.25) is 0 Å². The van der Waals surface area contributed by atoms with Gasteiger partial charge in [-0.1, -0.05) is 11.6 Å². The molecule has 0 saturated heterocycles. The summed E-state index contributed by atoms with van der Waals surface area (Å²) in [5.74, 6) is 0. The van der Waals surface area contributed by atoms with Crippen LogP contribution in [0, 0.1) is 17.0 Å². The van der Waals surface area contributed by atoms with Gasteiger partial charge in [-0.3, -0.25) is 10.1 Å². The van der Waals surface area contributed by atoms with Crippen molar-refractivity contribution in [3.63, 3.8) is 0 Å². The van der Waals surface area contributed by atoms with Gasteiger partial charge in [0.1, 0.15) is 0 Å². The van der Waals surface area contributed by atoms with Crippen LogP contribution in [0.5, 0.6) is 0 Å². The second-order valence-corrected chi connectivity index (χ2v) is 2.27. The van der Waals surface area contributed by atoms with E-state index in [1.165, 1.54) is 6.20 Å². The molecule has 0 bridgehead atoms.